The van der Waals surface area contributed by atoms with Gasteiger partial charge in [-0.15, -0.1) is 0 Å². The molecule has 1 amide bonds. The molecule has 24 heavy (non-hydrogen) atoms. The molecule has 0 saturated heterocycles. The zero-order valence-corrected chi connectivity index (χ0v) is 13.8. The molecule has 1 heterocycles. The molecule has 0 aliphatic heterocycles. The third kappa shape index (κ3) is 4.21. The molecule has 0 aliphatic carbocycles. The number of carbonyl (C=O) groups is 1. The van der Waals surface area contributed by atoms with Crippen LogP contribution < -0.4 is 5.32 Å². The van der Waals surface area contributed by atoms with Crippen LogP contribution in [0.4, 0.5) is 0 Å². The second kappa shape index (κ2) is 7.75. The fourth-order valence-electron chi connectivity index (χ4n) is 2.47. The molecule has 0 radical (unpaired) electrons. The predicted molar refractivity (Wildman–Crippen MR) is 98.9 cm³/mol. The number of hydrogen-bond donors (Lipinski definition) is 1. The van der Waals surface area contributed by atoms with Crippen molar-refractivity contribution in [1.82, 2.24) is 10.3 Å². The number of fused-ring (bicyclic) bond motifs is 1. The Morgan fingerprint density at radius 1 is 1.08 bits per heavy atom. The summed E-state index contributed by atoms with van der Waals surface area (Å²) in [6, 6.07) is 17.5. The van der Waals surface area contributed by atoms with Crippen molar-refractivity contribution in [1.29, 1.82) is 0 Å². The number of hydrogen-bond acceptors (Lipinski definition) is 2. The van der Waals surface area contributed by atoms with Gasteiger partial charge in [0, 0.05) is 34.8 Å². The Morgan fingerprint density at radius 2 is 1.88 bits per heavy atom. The number of halogens is 1. The maximum absolute atomic E-state index is 12.0. The summed E-state index contributed by atoms with van der Waals surface area (Å²) in [5.74, 6) is -0.114. The first-order valence-corrected chi connectivity index (χ1v) is 8.14. The average molecular weight is 337 g/mol. The minimum Gasteiger partial charge on any atom is -0.352 e. The smallest absolute Gasteiger partial charge is 0.244 e. The first-order chi connectivity index (χ1) is 11.7. The average Bonchev–Trinajstić information content (AvgIpc) is 2.61. The standard InChI is InChI=1S/C20H17ClN2O/c21-18-9-6-15(7-10-18)12-14-22-19(24)11-8-17-4-1-3-16-5-2-13-23-20(16)17/h1-11,13H,12,14H2,(H,22,24)/b11-8+. The molecule has 120 valence electrons. The van der Waals surface area contributed by atoms with Gasteiger partial charge in [-0.2, -0.15) is 0 Å². The van der Waals surface area contributed by atoms with Gasteiger partial charge in [-0.25, -0.2) is 0 Å². The van der Waals surface area contributed by atoms with Crippen molar-refractivity contribution in [2.75, 3.05) is 6.54 Å². The Hall–Kier alpha value is -2.65. The molecule has 0 atom stereocenters. The van der Waals surface area contributed by atoms with Gasteiger partial charge in [0.2, 0.25) is 5.91 Å². The minimum atomic E-state index is -0.114. The lowest BCUT2D eigenvalue weighted by molar-refractivity contribution is -0.116. The number of para-hydroxylation sites is 1. The Kier molecular flexibility index (Phi) is 5.24. The van der Waals surface area contributed by atoms with Gasteiger partial charge >= 0.3 is 0 Å². The normalized spacial score (nSPS) is 11.0. The van der Waals surface area contributed by atoms with E-state index in [2.05, 4.69) is 10.3 Å². The van der Waals surface area contributed by atoms with Crippen LogP contribution in [-0.4, -0.2) is 17.4 Å². The summed E-state index contributed by atoms with van der Waals surface area (Å²) in [4.78, 5) is 16.3. The molecule has 0 fully saturated rings. The second-order valence-electron chi connectivity index (χ2n) is 5.42. The number of aromatic nitrogens is 1. The lowest BCUT2D eigenvalue weighted by atomic mass is 10.1. The summed E-state index contributed by atoms with van der Waals surface area (Å²) in [6.45, 7) is 0.582. The molecule has 4 heteroatoms. The van der Waals surface area contributed by atoms with E-state index in [1.165, 1.54) is 0 Å². The third-order valence-electron chi connectivity index (χ3n) is 3.70. The van der Waals surface area contributed by atoms with Crippen LogP contribution in [0.15, 0.2) is 66.9 Å². The van der Waals surface area contributed by atoms with E-state index < -0.39 is 0 Å². The van der Waals surface area contributed by atoms with Crippen LogP contribution in [0.1, 0.15) is 11.1 Å². The Balaban J connectivity index is 1.58. The van der Waals surface area contributed by atoms with Crippen LogP contribution in [0, 0.1) is 0 Å². The Morgan fingerprint density at radius 3 is 2.71 bits per heavy atom. The van der Waals surface area contributed by atoms with Gasteiger partial charge in [0.15, 0.2) is 0 Å². The van der Waals surface area contributed by atoms with Crippen molar-refractivity contribution in [3.05, 3.63) is 83.0 Å². The summed E-state index contributed by atoms with van der Waals surface area (Å²) >= 11 is 5.85. The van der Waals surface area contributed by atoms with E-state index in [1.54, 1.807) is 18.3 Å². The number of benzene rings is 2. The van der Waals surface area contributed by atoms with Gasteiger partial charge in [0.1, 0.15) is 0 Å². The second-order valence-corrected chi connectivity index (χ2v) is 5.86. The molecule has 0 unspecified atom stereocenters. The molecule has 0 saturated carbocycles. The number of amides is 1. The fraction of sp³-hybridized carbons (Fsp3) is 0.100. The summed E-state index contributed by atoms with van der Waals surface area (Å²) in [5, 5.41) is 4.66. The summed E-state index contributed by atoms with van der Waals surface area (Å²) in [7, 11) is 0. The van der Waals surface area contributed by atoms with E-state index >= 15 is 0 Å². The summed E-state index contributed by atoms with van der Waals surface area (Å²) < 4.78 is 0. The van der Waals surface area contributed by atoms with Crippen molar-refractivity contribution < 1.29 is 4.79 Å². The van der Waals surface area contributed by atoms with Crippen molar-refractivity contribution in [2.45, 2.75) is 6.42 Å². The van der Waals surface area contributed by atoms with Crippen LogP contribution in [0.25, 0.3) is 17.0 Å². The minimum absolute atomic E-state index is 0.114. The van der Waals surface area contributed by atoms with E-state index in [-0.39, 0.29) is 5.91 Å². The van der Waals surface area contributed by atoms with E-state index in [0.717, 1.165) is 33.5 Å². The highest BCUT2D eigenvalue weighted by molar-refractivity contribution is 6.30. The van der Waals surface area contributed by atoms with Gasteiger partial charge in [-0.1, -0.05) is 48.0 Å². The van der Waals surface area contributed by atoms with Gasteiger partial charge in [0.25, 0.3) is 0 Å². The molecule has 0 bridgehead atoms. The van der Waals surface area contributed by atoms with Crippen LogP contribution >= 0.6 is 11.6 Å². The van der Waals surface area contributed by atoms with E-state index in [0.29, 0.717) is 6.54 Å². The Bertz CT molecular complexity index is 867. The maximum Gasteiger partial charge on any atom is 0.244 e. The highest BCUT2D eigenvalue weighted by Crippen LogP contribution is 2.17. The Labute approximate surface area is 146 Å². The van der Waals surface area contributed by atoms with E-state index in [1.807, 2.05) is 54.6 Å². The monoisotopic (exact) mass is 336 g/mol. The van der Waals surface area contributed by atoms with Crippen LogP contribution in [-0.2, 0) is 11.2 Å². The van der Waals surface area contributed by atoms with Crippen molar-refractivity contribution in [2.24, 2.45) is 0 Å². The van der Waals surface area contributed by atoms with Gasteiger partial charge in [-0.3, -0.25) is 9.78 Å². The number of nitrogens with one attached hydrogen (secondary N) is 1. The molecular weight excluding hydrogens is 320 g/mol. The van der Waals surface area contributed by atoms with Crippen LogP contribution in [0.5, 0.6) is 0 Å². The zero-order valence-electron chi connectivity index (χ0n) is 13.1. The molecule has 2 aromatic carbocycles. The lowest BCUT2D eigenvalue weighted by Crippen LogP contribution is -2.23. The number of nitrogens with zero attached hydrogens (tertiary/aromatic N) is 1. The highest BCUT2D eigenvalue weighted by Gasteiger charge is 2.00. The largest absolute Gasteiger partial charge is 0.352 e. The molecule has 3 aromatic rings. The number of pyridine rings is 1. The van der Waals surface area contributed by atoms with Crippen LogP contribution in [0.3, 0.4) is 0 Å². The molecule has 1 N–H and O–H groups in total. The summed E-state index contributed by atoms with van der Waals surface area (Å²) in [6.07, 6.45) is 5.87. The SMILES string of the molecule is O=C(/C=C/c1cccc2cccnc12)NCCc1ccc(Cl)cc1. The fourth-order valence-corrected chi connectivity index (χ4v) is 2.59. The first-order valence-electron chi connectivity index (χ1n) is 7.76. The highest BCUT2D eigenvalue weighted by atomic mass is 35.5. The van der Waals surface area contributed by atoms with E-state index in [9.17, 15) is 4.79 Å². The first kappa shape index (κ1) is 16.2. The summed E-state index contributed by atoms with van der Waals surface area (Å²) in [5.41, 5.74) is 2.97. The number of carbonyl (C=O) groups excluding carboxylic acids is 1. The van der Waals surface area contributed by atoms with Crippen molar-refractivity contribution in [3.63, 3.8) is 0 Å². The molecule has 3 nitrogen and oxygen atoms in total. The van der Waals surface area contributed by atoms with Crippen molar-refractivity contribution >= 4 is 34.5 Å². The van der Waals surface area contributed by atoms with Crippen molar-refractivity contribution in [3.8, 4) is 0 Å². The lowest BCUT2D eigenvalue weighted by Gasteiger charge is -2.03. The topological polar surface area (TPSA) is 42.0 Å². The van der Waals surface area contributed by atoms with Gasteiger partial charge < -0.3 is 5.32 Å². The molecule has 1 aromatic heterocycles. The number of rotatable bonds is 5. The molecule has 0 aliphatic rings. The molecular formula is C20H17ClN2O. The third-order valence-corrected chi connectivity index (χ3v) is 3.96. The quantitative estimate of drug-likeness (QED) is 0.707. The van der Waals surface area contributed by atoms with E-state index in [4.69, 9.17) is 11.6 Å². The van der Waals surface area contributed by atoms with Crippen LogP contribution in [0.2, 0.25) is 5.02 Å². The molecule has 0 spiro atoms. The zero-order chi connectivity index (χ0) is 16.8. The van der Waals surface area contributed by atoms with Gasteiger partial charge in [0.05, 0.1) is 5.52 Å². The van der Waals surface area contributed by atoms with Gasteiger partial charge in [-0.05, 0) is 36.3 Å². The maximum atomic E-state index is 12.0. The predicted octanol–water partition coefficient (Wildman–Crippen LogP) is 4.26. The molecule has 3 rings (SSSR count).